The maximum atomic E-state index is 9.68. The molecule has 0 aliphatic rings. The van der Waals surface area contributed by atoms with Crippen LogP contribution >= 0.6 is 31.9 Å². The van der Waals surface area contributed by atoms with Gasteiger partial charge in [0.1, 0.15) is 5.82 Å². The number of ether oxygens (including phenoxy) is 1. The van der Waals surface area contributed by atoms with Gasteiger partial charge >= 0.3 is 0 Å². The number of methoxy groups -OCH3 is 1. The van der Waals surface area contributed by atoms with E-state index in [0.717, 1.165) is 25.9 Å². The molecule has 2 rings (SSSR count). The smallest absolute Gasteiger partial charge is 0.160 e. The molecule has 2 aromatic rings. The molecular weight excluding hydrogens is 388 g/mol. The van der Waals surface area contributed by atoms with Crippen LogP contribution in [0.3, 0.4) is 0 Å². The van der Waals surface area contributed by atoms with Gasteiger partial charge in [-0.2, -0.15) is 0 Å². The van der Waals surface area contributed by atoms with Crippen molar-refractivity contribution in [2.75, 3.05) is 12.4 Å². The molecule has 0 fully saturated rings. The van der Waals surface area contributed by atoms with E-state index in [-0.39, 0.29) is 5.75 Å². The van der Waals surface area contributed by atoms with Crippen LogP contribution in [0.4, 0.5) is 5.82 Å². The molecule has 6 heteroatoms. The number of nitrogens with zero attached hydrogens (tertiary/aromatic N) is 1. The maximum Gasteiger partial charge on any atom is 0.160 e. The summed E-state index contributed by atoms with van der Waals surface area (Å²) in [5.74, 6) is 1.36. The van der Waals surface area contributed by atoms with E-state index in [0.29, 0.717) is 12.3 Å². The molecule has 1 aromatic carbocycles. The van der Waals surface area contributed by atoms with Gasteiger partial charge in [0, 0.05) is 21.7 Å². The van der Waals surface area contributed by atoms with Gasteiger partial charge in [0.05, 0.1) is 7.11 Å². The molecule has 0 unspecified atom stereocenters. The molecule has 0 spiro atoms. The van der Waals surface area contributed by atoms with Crippen molar-refractivity contribution in [3.63, 3.8) is 0 Å². The summed E-state index contributed by atoms with van der Waals surface area (Å²) in [5.41, 5.74) is 2.09. The number of aromatic hydroxyl groups is 1. The fourth-order valence-corrected chi connectivity index (χ4v) is 2.39. The molecule has 4 nitrogen and oxygen atoms in total. The van der Waals surface area contributed by atoms with Crippen molar-refractivity contribution in [2.24, 2.45) is 0 Å². The molecule has 20 heavy (non-hydrogen) atoms. The number of phenols is 1. The van der Waals surface area contributed by atoms with Gasteiger partial charge in [-0.05, 0) is 52.2 Å². The number of anilines is 1. The standard InChI is InChI=1S/C14H14Br2N2O2/c1-8-3-14(18-7-11(8)16)17-6-9-4-13(20-2)12(19)5-10(9)15/h3-5,7,19H,6H2,1-2H3,(H,17,18). The van der Waals surface area contributed by atoms with Crippen molar-refractivity contribution < 1.29 is 9.84 Å². The quantitative estimate of drug-likeness (QED) is 0.804. The van der Waals surface area contributed by atoms with Crippen LogP contribution in [-0.2, 0) is 6.54 Å². The van der Waals surface area contributed by atoms with Crippen molar-refractivity contribution in [1.82, 2.24) is 4.98 Å². The third-order valence-corrected chi connectivity index (χ3v) is 4.42. The topological polar surface area (TPSA) is 54.4 Å². The van der Waals surface area contributed by atoms with Crippen LogP contribution in [0.5, 0.6) is 11.5 Å². The molecular formula is C14H14Br2N2O2. The third-order valence-electron chi connectivity index (χ3n) is 2.85. The van der Waals surface area contributed by atoms with E-state index in [1.807, 2.05) is 13.0 Å². The molecule has 0 aliphatic heterocycles. The van der Waals surface area contributed by atoms with Gasteiger partial charge in [0.25, 0.3) is 0 Å². The number of pyridine rings is 1. The Morgan fingerprint density at radius 3 is 2.65 bits per heavy atom. The SMILES string of the molecule is COc1cc(CNc2cc(C)c(Br)cn2)c(Br)cc1O. The Hall–Kier alpha value is -1.27. The number of nitrogens with one attached hydrogen (secondary N) is 1. The number of aryl methyl sites for hydroxylation is 1. The van der Waals surface area contributed by atoms with Crippen molar-refractivity contribution >= 4 is 37.7 Å². The minimum Gasteiger partial charge on any atom is -0.504 e. The summed E-state index contributed by atoms with van der Waals surface area (Å²) in [6, 6.07) is 5.38. The van der Waals surface area contributed by atoms with E-state index in [9.17, 15) is 5.11 Å². The Balaban J connectivity index is 2.16. The second-order valence-corrected chi connectivity index (χ2v) is 6.00. The van der Waals surface area contributed by atoms with Gasteiger partial charge in [-0.15, -0.1) is 0 Å². The molecule has 1 heterocycles. The molecule has 2 N–H and O–H groups in total. The van der Waals surface area contributed by atoms with Crippen LogP contribution in [0.15, 0.2) is 33.3 Å². The average molecular weight is 402 g/mol. The van der Waals surface area contributed by atoms with Crippen LogP contribution in [0.2, 0.25) is 0 Å². The van der Waals surface area contributed by atoms with E-state index in [1.54, 1.807) is 18.3 Å². The summed E-state index contributed by atoms with van der Waals surface area (Å²) in [4.78, 5) is 4.29. The first-order valence-electron chi connectivity index (χ1n) is 5.92. The first-order valence-corrected chi connectivity index (χ1v) is 7.51. The highest BCUT2D eigenvalue weighted by Gasteiger charge is 2.08. The highest BCUT2D eigenvalue weighted by Crippen LogP contribution is 2.32. The number of rotatable bonds is 4. The number of phenolic OH excluding ortho intramolecular Hbond substituents is 1. The number of hydrogen-bond acceptors (Lipinski definition) is 4. The van der Waals surface area contributed by atoms with Gasteiger partial charge in [-0.1, -0.05) is 15.9 Å². The van der Waals surface area contributed by atoms with Crippen LogP contribution in [0, 0.1) is 6.92 Å². The van der Waals surface area contributed by atoms with Gasteiger partial charge in [0.2, 0.25) is 0 Å². The molecule has 0 aliphatic carbocycles. The molecule has 0 bridgehead atoms. The predicted octanol–water partition coefficient (Wildman–Crippen LogP) is 4.24. The number of aromatic nitrogens is 1. The van der Waals surface area contributed by atoms with Crippen molar-refractivity contribution in [2.45, 2.75) is 13.5 Å². The molecule has 0 amide bonds. The van der Waals surface area contributed by atoms with Crippen LogP contribution < -0.4 is 10.1 Å². The predicted molar refractivity (Wildman–Crippen MR) is 86.4 cm³/mol. The summed E-state index contributed by atoms with van der Waals surface area (Å²) >= 11 is 6.85. The van der Waals surface area contributed by atoms with Crippen molar-refractivity contribution in [3.8, 4) is 11.5 Å². The minimum atomic E-state index is 0.112. The second kappa shape index (κ2) is 6.45. The molecule has 106 valence electrons. The van der Waals surface area contributed by atoms with Crippen molar-refractivity contribution in [3.05, 3.63) is 44.5 Å². The summed E-state index contributed by atoms with van der Waals surface area (Å²) in [6.45, 7) is 2.59. The molecule has 0 atom stereocenters. The van der Waals surface area contributed by atoms with Crippen LogP contribution in [0.25, 0.3) is 0 Å². The van der Waals surface area contributed by atoms with Crippen LogP contribution in [-0.4, -0.2) is 17.2 Å². The molecule has 0 radical (unpaired) electrons. The average Bonchev–Trinajstić information content (AvgIpc) is 2.41. The fourth-order valence-electron chi connectivity index (χ4n) is 1.71. The summed E-state index contributed by atoms with van der Waals surface area (Å²) < 4.78 is 6.91. The van der Waals surface area contributed by atoms with E-state index in [4.69, 9.17) is 4.74 Å². The zero-order valence-electron chi connectivity index (χ0n) is 11.1. The lowest BCUT2D eigenvalue weighted by Crippen LogP contribution is -2.03. The minimum absolute atomic E-state index is 0.112. The van der Waals surface area contributed by atoms with Crippen molar-refractivity contribution in [1.29, 1.82) is 0 Å². The van der Waals surface area contributed by atoms with E-state index >= 15 is 0 Å². The molecule has 1 aromatic heterocycles. The van der Waals surface area contributed by atoms with E-state index in [1.165, 1.54) is 7.11 Å². The lowest BCUT2D eigenvalue weighted by Gasteiger charge is -2.11. The zero-order chi connectivity index (χ0) is 14.7. The number of halogens is 2. The second-order valence-electron chi connectivity index (χ2n) is 4.29. The number of benzene rings is 1. The first kappa shape index (κ1) is 15.1. The Labute approximate surface area is 134 Å². The van der Waals surface area contributed by atoms with Gasteiger partial charge < -0.3 is 15.2 Å². The Kier molecular flexibility index (Phi) is 4.88. The fraction of sp³-hybridized carbons (Fsp3) is 0.214. The summed E-state index contributed by atoms with van der Waals surface area (Å²) in [7, 11) is 1.53. The maximum absolute atomic E-state index is 9.68. The van der Waals surface area contributed by atoms with Crippen LogP contribution in [0.1, 0.15) is 11.1 Å². The third kappa shape index (κ3) is 3.43. The lowest BCUT2D eigenvalue weighted by molar-refractivity contribution is 0.372. The van der Waals surface area contributed by atoms with Gasteiger partial charge in [0.15, 0.2) is 11.5 Å². The Morgan fingerprint density at radius 2 is 2.00 bits per heavy atom. The largest absolute Gasteiger partial charge is 0.504 e. The molecule has 0 saturated carbocycles. The van der Waals surface area contributed by atoms with E-state index < -0.39 is 0 Å². The monoisotopic (exact) mass is 400 g/mol. The number of hydrogen-bond donors (Lipinski definition) is 2. The summed E-state index contributed by atoms with van der Waals surface area (Å²) in [6.07, 6.45) is 1.77. The Morgan fingerprint density at radius 1 is 1.25 bits per heavy atom. The van der Waals surface area contributed by atoms with Gasteiger partial charge in [-0.25, -0.2) is 4.98 Å². The van der Waals surface area contributed by atoms with Gasteiger partial charge in [-0.3, -0.25) is 0 Å². The first-order chi connectivity index (χ1) is 9.51. The lowest BCUT2D eigenvalue weighted by atomic mass is 10.2. The summed E-state index contributed by atoms with van der Waals surface area (Å²) in [5, 5.41) is 12.9. The highest BCUT2D eigenvalue weighted by molar-refractivity contribution is 9.10. The van der Waals surface area contributed by atoms with E-state index in [2.05, 4.69) is 42.2 Å². The highest BCUT2D eigenvalue weighted by atomic mass is 79.9. The normalized spacial score (nSPS) is 10.4. The Bertz CT molecular complexity index is 633. The molecule has 0 saturated heterocycles. The zero-order valence-corrected chi connectivity index (χ0v) is 14.2.